The lowest BCUT2D eigenvalue weighted by Gasteiger charge is -2.14. The molecule has 2 N–H and O–H groups in total. The third-order valence-electron chi connectivity index (χ3n) is 2.88. The molecule has 0 saturated heterocycles. The molecule has 0 saturated carbocycles. The number of ether oxygens (including phenoxy) is 2. The second-order valence-corrected chi connectivity index (χ2v) is 4.37. The smallest absolute Gasteiger partial charge is 0.308 e. The molecule has 1 amide bonds. The summed E-state index contributed by atoms with van der Waals surface area (Å²) in [6.45, 7) is 1.45. The van der Waals surface area contributed by atoms with Gasteiger partial charge in [-0.15, -0.1) is 0 Å². The van der Waals surface area contributed by atoms with Gasteiger partial charge in [-0.25, -0.2) is 0 Å². The standard InChI is InChI=1S/C14H19NO5/c1-9(16)15-8-11(14(17)18)6-10-4-5-12(19-2)13(7-10)20-3/h4-5,7,11H,6,8H2,1-3H3,(H,15,16)(H,17,18). The van der Waals surface area contributed by atoms with Gasteiger partial charge in [-0.05, 0) is 24.1 Å². The summed E-state index contributed by atoms with van der Waals surface area (Å²) in [5, 5.41) is 11.7. The van der Waals surface area contributed by atoms with Crippen LogP contribution in [0, 0.1) is 5.92 Å². The van der Waals surface area contributed by atoms with Crippen molar-refractivity contribution in [1.82, 2.24) is 5.32 Å². The first-order valence-electron chi connectivity index (χ1n) is 6.16. The number of carbonyl (C=O) groups excluding carboxylic acids is 1. The first-order chi connectivity index (χ1) is 9.47. The molecule has 110 valence electrons. The molecule has 0 spiro atoms. The molecule has 1 aromatic rings. The quantitative estimate of drug-likeness (QED) is 0.781. The van der Waals surface area contributed by atoms with E-state index in [2.05, 4.69) is 5.32 Å². The molecule has 0 radical (unpaired) electrons. The van der Waals surface area contributed by atoms with Crippen LogP contribution in [0.4, 0.5) is 0 Å². The molecule has 20 heavy (non-hydrogen) atoms. The molecule has 1 rings (SSSR count). The van der Waals surface area contributed by atoms with Crippen molar-refractivity contribution in [2.45, 2.75) is 13.3 Å². The minimum absolute atomic E-state index is 0.0962. The summed E-state index contributed by atoms with van der Waals surface area (Å²) >= 11 is 0. The van der Waals surface area contributed by atoms with Gasteiger partial charge >= 0.3 is 5.97 Å². The number of benzene rings is 1. The van der Waals surface area contributed by atoms with Crippen LogP contribution in [0.3, 0.4) is 0 Å². The van der Waals surface area contributed by atoms with Crippen LogP contribution in [0.5, 0.6) is 11.5 Å². The van der Waals surface area contributed by atoms with Gasteiger partial charge in [0.25, 0.3) is 0 Å². The number of methoxy groups -OCH3 is 2. The summed E-state index contributed by atoms with van der Waals surface area (Å²) in [4.78, 5) is 22.1. The van der Waals surface area contributed by atoms with E-state index in [0.29, 0.717) is 17.9 Å². The Balaban J connectivity index is 2.82. The fraction of sp³-hybridized carbons (Fsp3) is 0.429. The van der Waals surface area contributed by atoms with Crippen molar-refractivity contribution >= 4 is 11.9 Å². The third kappa shape index (κ3) is 4.46. The van der Waals surface area contributed by atoms with Crippen molar-refractivity contribution in [3.05, 3.63) is 23.8 Å². The Morgan fingerprint density at radius 1 is 1.25 bits per heavy atom. The SMILES string of the molecule is COc1ccc(CC(CNC(C)=O)C(=O)O)cc1OC. The molecule has 1 unspecified atom stereocenters. The van der Waals surface area contributed by atoms with Gasteiger partial charge in [0.15, 0.2) is 11.5 Å². The number of hydrogen-bond donors (Lipinski definition) is 2. The van der Waals surface area contributed by atoms with Crippen LogP contribution in [0.15, 0.2) is 18.2 Å². The van der Waals surface area contributed by atoms with Crippen LogP contribution >= 0.6 is 0 Å². The van der Waals surface area contributed by atoms with Crippen molar-refractivity contribution in [2.75, 3.05) is 20.8 Å². The molecule has 0 heterocycles. The second-order valence-electron chi connectivity index (χ2n) is 4.37. The summed E-state index contributed by atoms with van der Waals surface area (Å²) in [5.41, 5.74) is 0.806. The minimum Gasteiger partial charge on any atom is -0.493 e. The molecule has 1 atom stereocenters. The maximum atomic E-state index is 11.2. The normalized spacial score (nSPS) is 11.6. The molecule has 6 nitrogen and oxygen atoms in total. The Hall–Kier alpha value is -2.24. The van der Waals surface area contributed by atoms with Gasteiger partial charge in [-0.1, -0.05) is 6.07 Å². The molecule has 0 aliphatic heterocycles. The van der Waals surface area contributed by atoms with E-state index in [-0.39, 0.29) is 12.5 Å². The van der Waals surface area contributed by atoms with Gasteiger partial charge in [0.1, 0.15) is 0 Å². The average Bonchev–Trinajstić information content (AvgIpc) is 2.42. The molecule has 6 heteroatoms. The van der Waals surface area contributed by atoms with Crippen LogP contribution in [0.2, 0.25) is 0 Å². The Morgan fingerprint density at radius 2 is 1.90 bits per heavy atom. The van der Waals surface area contributed by atoms with Gasteiger partial charge in [-0.2, -0.15) is 0 Å². The molecule has 1 aromatic carbocycles. The maximum absolute atomic E-state index is 11.2. The number of nitrogens with one attached hydrogen (secondary N) is 1. The van der Waals surface area contributed by atoms with Crippen LogP contribution < -0.4 is 14.8 Å². The summed E-state index contributed by atoms with van der Waals surface area (Å²) < 4.78 is 10.3. The highest BCUT2D eigenvalue weighted by Gasteiger charge is 2.19. The minimum atomic E-state index is -0.950. The zero-order valence-corrected chi connectivity index (χ0v) is 11.8. The number of amides is 1. The first kappa shape index (κ1) is 15.8. The predicted molar refractivity (Wildman–Crippen MR) is 73.1 cm³/mol. The summed E-state index contributed by atoms with van der Waals surface area (Å²) in [7, 11) is 3.06. The van der Waals surface area contributed by atoms with E-state index >= 15 is 0 Å². The lowest BCUT2D eigenvalue weighted by Crippen LogP contribution is -2.32. The maximum Gasteiger partial charge on any atom is 0.308 e. The Bertz CT molecular complexity index is 486. The summed E-state index contributed by atoms with van der Waals surface area (Å²) in [6.07, 6.45) is 0.302. The molecular weight excluding hydrogens is 262 g/mol. The highest BCUT2D eigenvalue weighted by Crippen LogP contribution is 2.28. The monoisotopic (exact) mass is 281 g/mol. The lowest BCUT2D eigenvalue weighted by atomic mass is 9.99. The fourth-order valence-electron chi connectivity index (χ4n) is 1.81. The van der Waals surface area contributed by atoms with E-state index in [1.54, 1.807) is 18.2 Å². The first-order valence-corrected chi connectivity index (χ1v) is 6.16. The Kier molecular flexibility index (Phi) is 5.83. The molecule has 0 fully saturated rings. The van der Waals surface area contributed by atoms with Crippen molar-refractivity contribution in [3.63, 3.8) is 0 Å². The number of hydrogen-bond acceptors (Lipinski definition) is 4. The highest BCUT2D eigenvalue weighted by molar-refractivity contribution is 5.75. The highest BCUT2D eigenvalue weighted by atomic mass is 16.5. The van der Waals surface area contributed by atoms with E-state index in [9.17, 15) is 9.59 Å². The Labute approximate surface area is 117 Å². The number of rotatable bonds is 7. The Morgan fingerprint density at radius 3 is 2.40 bits per heavy atom. The van der Waals surface area contributed by atoms with Gasteiger partial charge in [-0.3, -0.25) is 9.59 Å². The number of carbonyl (C=O) groups is 2. The average molecular weight is 281 g/mol. The molecule has 0 bridgehead atoms. The lowest BCUT2D eigenvalue weighted by molar-refractivity contribution is -0.141. The molecule has 0 aliphatic carbocycles. The van der Waals surface area contributed by atoms with Crippen LogP contribution in [0.25, 0.3) is 0 Å². The van der Waals surface area contributed by atoms with Crippen molar-refractivity contribution in [3.8, 4) is 11.5 Å². The van der Waals surface area contributed by atoms with Gasteiger partial charge < -0.3 is 19.9 Å². The third-order valence-corrected chi connectivity index (χ3v) is 2.88. The van der Waals surface area contributed by atoms with E-state index in [4.69, 9.17) is 14.6 Å². The van der Waals surface area contributed by atoms with Crippen molar-refractivity contribution in [2.24, 2.45) is 5.92 Å². The fourth-order valence-corrected chi connectivity index (χ4v) is 1.81. The largest absolute Gasteiger partial charge is 0.493 e. The summed E-state index contributed by atoms with van der Waals surface area (Å²) in [6, 6.07) is 5.25. The molecular formula is C14H19NO5. The van der Waals surface area contributed by atoms with Gasteiger partial charge in [0.05, 0.1) is 20.1 Å². The number of aliphatic carboxylic acids is 1. The topological polar surface area (TPSA) is 84.9 Å². The summed E-state index contributed by atoms with van der Waals surface area (Å²) in [5.74, 6) is -0.743. The van der Waals surface area contributed by atoms with Gasteiger partial charge in [0.2, 0.25) is 5.91 Å². The van der Waals surface area contributed by atoms with E-state index in [0.717, 1.165) is 5.56 Å². The van der Waals surface area contributed by atoms with E-state index in [1.807, 2.05) is 0 Å². The second kappa shape index (κ2) is 7.37. The van der Waals surface area contributed by atoms with E-state index in [1.165, 1.54) is 21.1 Å². The molecule has 0 aromatic heterocycles. The zero-order chi connectivity index (χ0) is 15.1. The van der Waals surface area contributed by atoms with Gasteiger partial charge in [0, 0.05) is 13.5 Å². The van der Waals surface area contributed by atoms with Crippen molar-refractivity contribution in [1.29, 1.82) is 0 Å². The van der Waals surface area contributed by atoms with Crippen LogP contribution in [-0.2, 0) is 16.0 Å². The zero-order valence-electron chi connectivity index (χ0n) is 11.8. The van der Waals surface area contributed by atoms with Crippen molar-refractivity contribution < 1.29 is 24.2 Å². The number of carboxylic acids is 1. The predicted octanol–water partition coefficient (Wildman–Crippen LogP) is 1.08. The number of carboxylic acid groups (broad SMARTS) is 1. The molecule has 0 aliphatic rings. The van der Waals surface area contributed by atoms with Crippen LogP contribution in [0.1, 0.15) is 12.5 Å². The van der Waals surface area contributed by atoms with Crippen LogP contribution in [-0.4, -0.2) is 37.7 Å². The van der Waals surface area contributed by atoms with E-state index < -0.39 is 11.9 Å².